The average Bonchev–Trinajstić information content (AvgIpc) is 2.65. The van der Waals surface area contributed by atoms with E-state index in [0.29, 0.717) is 11.3 Å². The molecule has 2 aromatic carbocycles. The molecule has 0 aliphatic rings. The number of halogens is 2. The van der Waals surface area contributed by atoms with Crippen molar-refractivity contribution in [3.8, 4) is 0 Å². The number of nitrogens with one attached hydrogen (secondary N) is 2. The van der Waals surface area contributed by atoms with Crippen LogP contribution in [-0.2, 0) is 9.53 Å². The van der Waals surface area contributed by atoms with Gasteiger partial charge < -0.3 is 15.4 Å². The minimum atomic E-state index is -1.04. The third-order valence-electron chi connectivity index (χ3n) is 4.00. The van der Waals surface area contributed by atoms with Gasteiger partial charge in [0.15, 0.2) is 0 Å². The van der Waals surface area contributed by atoms with E-state index in [9.17, 15) is 23.2 Å². The highest BCUT2D eigenvalue weighted by Crippen LogP contribution is 2.15. The van der Waals surface area contributed by atoms with Gasteiger partial charge >= 0.3 is 5.97 Å². The van der Waals surface area contributed by atoms with Gasteiger partial charge in [-0.05, 0) is 42.3 Å². The van der Waals surface area contributed by atoms with Crippen LogP contribution in [0.3, 0.4) is 0 Å². The molecule has 1 atom stereocenters. The zero-order chi connectivity index (χ0) is 20.8. The molecule has 148 valence electrons. The van der Waals surface area contributed by atoms with Crippen LogP contribution < -0.4 is 10.6 Å². The molecule has 2 amide bonds. The van der Waals surface area contributed by atoms with Crippen LogP contribution in [-0.4, -0.2) is 30.9 Å². The molecule has 6 nitrogen and oxygen atoms in total. The fourth-order valence-electron chi connectivity index (χ4n) is 2.49. The summed E-state index contributed by atoms with van der Waals surface area (Å²) in [6.07, 6.45) is 0. The number of methoxy groups -OCH3 is 1. The summed E-state index contributed by atoms with van der Waals surface area (Å²) in [4.78, 5) is 36.3. The molecule has 28 heavy (non-hydrogen) atoms. The summed E-state index contributed by atoms with van der Waals surface area (Å²) in [5.41, 5.74) is -0.0535. The normalized spacial score (nSPS) is 11.6. The second-order valence-electron chi connectivity index (χ2n) is 6.35. The summed E-state index contributed by atoms with van der Waals surface area (Å²) in [7, 11) is 1.26. The van der Waals surface area contributed by atoms with Crippen LogP contribution in [0.5, 0.6) is 0 Å². The van der Waals surface area contributed by atoms with E-state index in [2.05, 4.69) is 15.4 Å². The number of carbonyl (C=O) groups is 3. The van der Waals surface area contributed by atoms with Crippen molar-refractivity contribution in [1.29, 1.82) is 0 Å². The van der Waals surface area contributed by atoms with Crippen LogP contribution in [0.1, 0.15) is 34.6 Å². The van der Waals surface area contributed by atoms with E-state index < -0.39 is 41.0 Å². The molecule has 0 aromatic heterocycles. The number of amides is 2. The second kappa shape index (κ2) is 9.07. The van der Waals surface area contributed by atoms with Crippen molar-refractivity contribution in [2.24, 2.45) is 5.92 Å². The Kier molecular flexibility index (Phi) is 6.81. The maximum absolute atomic E-state index is 13.8. The number of anilines is 1. The number of rotatable bonds is 6. The van der Waals surface area contributed by atoms with Gasteiger partial charge in [0.05, 0.1) is 12.7 Å². The second-order valence-corrected chi connectivity index (χ2v) is 6.35. The van der Waals surface area contributed by atoms with Gasteiger partial charge in [0.2, 0.25) is 5.91 Å². The minimum absolute atomic E-state index is 0.309. The van der Waals surface area contributed by atoms with Crippen molar-refractivity contribution < 1.29 is 27.9 Å². The number of benzene rings is 2. The predicted molar refractivity (Wildman–Crippen MR) is 98.9 cm³/mol. The lowest BCUT2D eigenvalue weighted by atomic mass is 10.0. The van der Waals surface area contributed by atoms with Crippen molar-refractivity contribution in [3.63, 3.8) is 0 Å². The number of hydrogen-bond acceptors (Lipinski definition) is 4. The van der Waals surface area contributed by atoms with Crippen molar-refractivity contribution in [1.82, 2.24) is 5.32 Å². The average molecular weight is 390 g/mol. The lowest BCUT2D eigenvalue weighted by molar-refractivity contribution is -0.118. The van der Waals surface area contributed by atoms with E-state index in [1.54, 1.807) is 13.8 Å². The summed E-state index contributed by atoms with van der Waals surface area (Å²) in [6, 6.07) is 7.98. The monoisotopic (exact) mass is 390 g/mol. The molecule has 0 aliphatic heterocycles. The molecule has 0 heterocycles. The molecular formula is C20H20F2N2O4. The van der Waals surface area contributed by atoms with E-state index in [0.717, 1.165) is 18.2 Å². The number of esters is 1. The Hall–Kier alpha value is -3.29. The molecule has 0 radical (unpaired) electrons. The van der Waals surface area contributed by atoms with Crippen molar-refractivity contribution in [2.75, 3.05) is 12.4 Å². The Labute approximate surface area is 160 Å². The first-order valence-corrected chi connectivity index (χ1v) is 8.48. The SMILES string of the molecule is COC(=O)c1ccc(NC(=O)[C@@H](NC(=O)c2c(F)cccc2F)C(C)C)cc1. The van der Waals surface area contributed by atoms with Gasteiger partial charge in [-0.1, -0.05) is 19.9 Å². The number of carbonyl (C=O) groups excluding carboxylic acids is 3. The quantitative estimate of drug-likeness (QED) is 0.742. The molecule has 2 aromatic rings. The fourth-order valence-corrected chi connectivity index (χ4v) is 2.49. The highest BCUT2D eigenvalue weighted by atomic mass is 19.1. The molecule has 0 bridgehead atoms. The standard InChI is InChI=1S/C20H20F2N2O4/c1-11(2)17(24-18(25)16-14(21)5-4-6-15(16)22)19(26)23-13-9-7-12(8-10-13)20(27)28-3/h4-11,17H,1-3H3,(H,23,26)(H,24,25)/t17-/m0/s1. The lowest BCUT2D eigenvalue weighted by Crippen LogP contribution is -2.47. The van der Waals surface area contributed by atoms with E-state index in [4.69, 9.17) is 0 Å². The summed E-state index contributed by atoms with van der Waals surface area (Å²) >= 11 is 0. The Morgan fingerprint density at radius 2 is 1.54 bits per heavy atom. The molecule has 0 aliphatic carbocycles. The van der Waals surface area contributed by atoms with Crippen LogP contribution in [0.2, 0.25) is 0 Å². The van der Waals surface area contributed by atoms with Crippen LogP contribution in [0.15, 0.2) is 42.5 Å². The smallest absolute Gasteiger partial charge is 0.337 e. The van der Waals surface area contributed by atoms with Crippen LogP contribution in [0.4, 0.5) is 14.5 Å². The largest absolute Gasteiger partial charge is 0.465 e. The van der Waals surface area contributed by atoms with Gasteiger partial charge in [0, 0.05) is 5.69 Å². The van der Waals surface area contributed by atoms with Crippen LogP contribution in [0.25, 0.3) is 0 Å². The molecule has 0 fully saturated rings. The minimum Gasteiger partial charge on any atom is -0.465 e. The molecule has 2 N–H and O–H groups in total. The van der Waals surface area contributed by atoms with E-state index in [-0.39, 0.29) is 5.92 Å². The van der Waals surface area contributed by atoms with Crippen molar-refractivity contribution >= 4 is 23.5 Å². The summed E-state index contributed by atoms with van der Waals surface area (Å²) in [6.45, 7) is 3.37. The number of hydrogen-bond donors (Lipinski definition) is 2. The van der Waals surface area contributed by atoms with Gasteiger partial charge in [0.1, 0.15) is 23.2 Å². The zero-order valence-electron chi connectivity index (χ0n) is 15.6. The molecule has 8 heteroatoms. The molecule has 0 saturated heterocycles. The summed E-state index contributed by atoms with van der Waals surface area (Å²) in [5.74, 6) is -4.49. The third kappa shape index (κ3) is 4.91. The Bertz CT molecular complexity index is 862. The molecular weight excluding hydrogens is 370 g/mol. The van der Waals surface area contributed by atoms with Crippen molar-refractivity contribution in [2.45, 2.75) is 19.9 Å². The van der Waals surface area contributed by atoms with E-state index >= 15 is 0 Å². The van der Waals surface area contributed by atoms with Gasteiger partial charge in [-0.2, -0.15) is 0 Å². The lowest BCUT2D eigenvalue weighted by Gasteiger charge is -2.22. The molecule has 0 unspecified atom stereocenters. The Morgan fingerprint density at radius 1 is 0.964 bits per heavy atom. The van der Waals surface area contributed by atoms with E-state index in [1.165, 1.54) is 31.4 Å². The first-order chi connectivity index (χ1) is 13.2. The van der Waals surface area contributed by atoms with Crippen LogP contribution >= 0.6 is 0 Å². The van der Waals surface area contributed by atoms with Crippen LogP contribution in [0, 0.1) is 17.6 Å². The fraction of sp³-hybridized carbons (Fsp3) is 0.250. The maximum atomic E-state index is 13.8. The summed E-state index contributed by atoms with van der Waals surface area (Å²) < 4.78 is 32.2. The summed E-state index contributed by atoms with van der Waals surface area (Å²) in [5, 5.41) is 4.97. The zero-order valence-corrected chi connectivity index (χ0v) is 15.6. The predicted octanol–water partition coefficient (Wildman–Crippen LogP) is 3.14. The Balaban J connectivity index is 2.14. The van der Waals surface area contributed by atoms with Gasteiger partial charge in [-0.25, -0.2) is 13.6 Å². The van der Waals surface area contributed by atoms with Crippen molar-refractivity contribution in [3.05, 3.63) is 65.2 Å². The third-order valence-corrected chi connectivity index (χ3v) is 4.00. The van der Waals surface area contributed by atoms with Gasteiger partial charge in [0.25, 0.3) is 5.91 Å². The first-order valence-electron chi connectivity index (χ1n) is 8.48. The topological polar surface area (TPSA) is 84.5 Å². The Morgan fingerprint density at radius 3 is 2.04 bits per heavy atom. The number of ether oxygens (including phenoxy) is 1. The first kappa shape index (κ1) is 21.0. The van der Waals surface area contributed by atoms with Gasteiger partial charge in [-0.3, -0.25) is 9.59 Å². The van der Waals surface area contributed by atoms with E-state index in [1.807, 2.05) is 0 Å². The highest BCUT2D eigenvalue weighted by Gasteiger charge is 2.27. The highest BCUT2D eigenvalue weighted by molar-refractivity contribution is 6.01. The maximum Gasteiger partial charge on any atom is 0.337 e. The molecule has 0 saturated carbocycles. The van der Waals surface area contributed by atoms with Gasteiger partial charge in [-0.15, -0.1) is 0 Å². The molecule has 0 spiro atoms. The molecule has 2 rings (SSSR count).